The molecule has 0 bridgehead atoms. The first kappa shape index (κ1) is 12.3. The lowest BCUT2D eigenvalue weighted by atomic mass is 10.3. The fraction of sp³-hybridized carbons (Fsp3) is 0.667. The minimum Gasteiger partial charge on any atom is -0.467 e. The molecule has 0 aromatic carbocycles. The summed E-state index contributed by atoms with van der Waals surface area (Å²) in [6.45, 7) is 6.92. The zero-order valence-corrected chi connectivity index (χ0v) is 9.62. The fourth-order valence-electron chi connectivity index (χ4n) is 1.26. The van der Waals surface area contributed by atoms with Crippen LogP contribution in [-0.2, 0) is 22.7 Å². The van der Waals surface area contributed by atoms with Crippen LogP contribution < -0.4 is 0 Å². The van der Waals surface area contributed by atoms with Crippen LogP contribution in [0.4, 0.5) is 0 Å². The monoisotopic (exact) mass is 212 g/mol. The molecule has 0 saturated heterocycles. The Morgan fingerprint density at radius 3 is 2.40 bits per heavy atom. The molecule has 0 saturated carbocycles. The average Bonchev–Trinajstić information content (AvgIpc) is 2.67. The Hall–Kier alpha value is -0.800. The summed E-state index contributed by atoms with van der Waals surface area (Å²) in [5.41, 5.74) is 1.10. The number of ether oxygens (including phenoxy) is 2. The van der Waals surface area contributed by atoms with E-state index in [9.17, 15) is 0 Å². The maximum atomic E-state index is 5.46. The highest BCUT2D eigenvalue weighted by Gasteiger charge is 2.05. The maximum absolute atomic E-state index is 5.46. The van der Waals surface area contributed by atoms with Crippen LogP contribution in [-0.4, -0.2) is 13.2 Å². The van der Waals surface area contributed by atoms with E-state index in [0.717, 1.165) is 37.4 Å². The Labute approximate surface area is 91.4 Å². The highest BCUT2D eigenvalue weighted by molar-refractivity contribution is 5.15. The van der Waals surface area contributed by atoms with Crippen LogP contribution in [0.3, 0.4) is 0 Å². The van der Waals surface area contributed by atoms with Gasteiger partial charge in [-0.3, -0.25) is 0 Å². The first-order valence-corrected chi connectivity index (χ1v) is 5.59. The summed E-state index contributed by atoms with van der Waals surface area (Å²) in [4.78, 5) is 0. The Morgan fingerprint density at radius 2 is 1.73 bits per heavy atom. The van der Waals surface area contributed by atoms with Crippen molar-refractivity contribution in [3.05, 3.63) is 23.7 Å². The van der Waals surface area contributed by atoms with Crippen LogP contribution in [0, 0.1) is 0 Å². The largest absolute Gasteiger partial charge is 0.467 e. The number of furan rings is 1. The van der Waals surface area contributed by atoms with Gasteiger partial charge < -0.3 is 13.9 Å². The molecule has 1 heterocycles. The average molecular weight is 212 g/mol. The van der Waals surface area contributed by atoms with E-state index in [1.54, 1.807) is 6.26 Å². The molecule has 3 heteroatoms. The molecule has 0 spiro atoms. The fourth-order valence-corrected chi connectivity index (χ4v) is 1.26. The van der Waals surface area contributed by atoms with Gasteiger partial charge >= 0.3 is 0 Å². The number of rotatable bonds is 8. The van der Waals surface area contributed by atoms with E-state index in [-0.39, 0.29) is 0 Å². The lowest BCUT2D eigenvalue weighted by molar-refractivity contribution is 0.0962. The normalized spacial score (nSPS) is 10.8. The van der Waals surface area contributed by atoms with Crippen LogP contribution >= 0.6 is 0 Å². The molecular formula is C12H20O3. The zero-order chi connectivity index (χ0) is 10.9. The topological polar surface area (TPSA) is 31.6 Å². The summed E-state index contributed by atoms with van der Waals surface area (Å²) in [7, 11) is 0. The van der Waals surface area contributed by atoms with Gasteiger partial charge in [-0.1, -0.05) is 13.8 Å². The highest BCUT2D eigenvalue weighted by atomic mass is 16.5. The van der Waals surface area contributed by atoms with E-state index in [2.05, 4.69) is 13.8 Å². The van der Waals surface area contributed by atoms with E-state index in [0.29, 0.717) is 13.2 Å². The standard InChI is InChI=1S/C12H20O3/c1-3-6-13-9-11-5-8-15-12(11)10-14-7-4-2/h5,8H,3-4,6-7,9-10H2,1-2H3. The molecule has 86 valence electrons. The van der Waals surface area contributed by atoms with Gasteiger partial charge in [-0.2, -0.15) is 0 Å². The van der Waals surface area contributed by atoms with Crippen molar-refractivity contribution >= 4 is 0 Å². The molecule has 0 radical (unpaired) electrons. The van der Waals surface area contributed by atoms with Gasteiger partial charge in [0, 0.05) is 18.8 Å². The van der Waals surface area contributed by atoms with Gasteiger partial charge in [0.2, 0.25) is 0 Å². The van der Waals surface area contributed by atoms with Crippen molar-refractivity contribution in [3.63, 3.8) is 0 Å². The van der Waals surface area contributed by atoms with E-state index in [4.69, 9.17) is 13.9 Å². The second-order valence-corrected chi connectivity index (χ2v) is 3.47. The third-order valence-corrected chi connectivity index (χ3v) is 2.03. The molecule has 1 aromatic rings. The van der Waals surface area contributed by atoms with Crippen LogP contribution in [0.15, 0.2) is 16.7 Å². The van der Waals surface area contributed by atoms with Gasteiger partial charge in [0.15, 0.2) is 0 Å². The molecule has 0 aliphatic carbocycles. The molecule has 3 nitrogen and oxygen atoms in total. The second-order valence-electron chi connectivity index (χ2n) is 3.47. The Balaban J connectivity index is 2.32. The van der Waals surface area contributed by atoms with Gasteiger partial charge in [0.05, 0.1) is 12.9 Å². The van der Waals surface area contributed by atoms with Crippen molar-refractivity contribution in [2.45, 2.75) is 39.9 Å². The van der Waals surface area contributed by atoms with Gasteiger partial charge in [-0.15, -0.1) is 0 Å². The van der Waals surface area contributed by atoms with Crippen molar-refractivity contribution in [3.8, 4) is 0 Å². The first-order chi connectivity index (χ1) is 7.38. The quantitative estimate of drug-likeness (QED) is 0.620. The number of hydrogen-bond donors (Lipinski definition) is 0. The van der Waals surface area contributed by atoms with E-state index in [1.165, 1.54) is 0 Å². The Kier molecular flexibility index (Phi) is 6.12. The maximum Gasteiger partial charge on any atom is 0.134 e. The van der Waals surface area contributed by atoms with Crippen molar-refractivity contribution in [1.82, 2.24) is 0 Å². The molecule has 0 aliphatic rings. The summed E-state index contributed by atoms with van der Waals surface area (Å²) in [6, 6.07) is 1.94. The highest BCUT2D eigenvalue weighted by Crippen LogP contribution is 2.13. The predicted octanol–water partition coefficient (Wildman–Crippen LogP) is 3.13. The lowest BCUT2D eigenvalue weighted by Crippen LogP contribution is -1.99. The SMILES string of the molecule is CCCOCc1ccoc1COCCC. The summed E-state index contributed by atoms with van der Waals surface area (Å²) in [5.74, 6) is 0.888. The molecule has 0 unspecified atom stereocenters. The molecule has 0 N–H and O–H groups in total. The smallest absolute Gasteiger partial charge is 0.134 e. The third-order valence-electron chi connectivity index (χ3n) is 2.03. The summed E-state index contributed by atoms with van der Waals surface area (Å²) < 4.78 is 16.2. The lowest BCUT2D eigenvalue weighted by Gasteiger charge is -2.04. The molecule has 0 amide bonds. The molecule has 1 aromatic heterocycles. The molecule has 1 rings (SSSR count). The second kappa shape index (κ2) is 7.49. The molecule has 0 fully saturated rings. The first-order valence-electron chi connectivity index (χ1n) is 5.59. The van der Waals surface area contributed by atoms with Crippen LogP contribution in [0.5, 0.6) is 0 Å². The van der Waals surface area contributed by atoms with Gasteiger partial charge in [-0.25, -0.2) is 0 Å². The van der Waals surface area contributed by atoms with Crippen LogP contribution in [0.2, 0.25) is 0 Å². The molecule has 15 heavy (non-hydrogen) atoms. The third kappa shape index (κ3) is 4.49. The summed E-state index contributed by atoms with van der Waals surface area (Å²) in [5, 5.41) is 0. The van der Waals surface area contributed by atoms with Gasteiger partial charge in [0.25, 0.3) is 0 Å². The predicted molar refractivity (Wildman–Crippen MR) is 58.6 cm³/mol. The van der Waals surface area contributed by atoms with Crippen LogP contribution in [0.25, 0.3) is 0 Å². The Bertz CT molecular complexity index is 231. The van der Waals surface area contributed by atoms with Gasteiger partial charge in [0.1, 0.15) is 12.4 Å². The minimum absolute atomic E-state index is 0.547. The minimum atomic E-state index is 0.547. The van der Waals surface area contributed by atoms with Crippen molar-refractivity contribution in [2.75, 3.05) is 13.2 Å². The van der Waals surface area contributed by atoms with Crippen molar-refractivity contribution in [1.29, 1.82) is 0 Å². The van der Waals surface area contributed by atoms with Crippen molar-refractivity contribution < 1.29 is 13.9 Å². The Morgan fingerprint density at radius 1 is 1.07 bits per heavy atom. The molecular weight excluding hydrogens is 192 g/mol. The zero-order valence-electron chi connectivity index (χ0n) is 9.62. The molecule has 0 atom stereocenters. The summed E-state index contributed by atoms with van der Waals surface area (Å²) >= 11 is 0. The van der Waals surface area contributed by atoms with Gasteiger partial charge in [-0.05, 0) is 18.9 Å². The van der Waals surface area contributed by atoms with Crippen molar-refractivity contribution in [2.24, 2.45) is 0 Å². The molecule has 0 aliphatic heterocycles. The van der Waals surface area contributed by atoms with E-state index in [1.807, 2.05) is 6.07 Å². The van der Waals surface area contributed by atoms with Crippen LogP contribution in [0.1, 0.15) is 38.0 Å². The number of hydrogen-bond acceptors (Lipinski definition) is 3. The van der Waals surface area contributed by atoms with E-state index >= 15 is 0 Å². The van der Waals surface area contributed by atoms with E-state index < -0.39 is 0 Å². The summed E-state index contributed by atoms with van der Waals surface area (Å²) in [6.07, 6.45) is 3.76.